The topological polar surface area (TPSA) is 37.4 Å². The van der Waals surface area contributed by atoms with Crippen LogP contribution in [0.3, 0.4) is 0 Å². The van der Waals surface area contributed by atoms with Crippen LogP contribution in [0.2, 0.25) is 0 Å². The predicted octanol–water partition coefficient (Wildman–Crippen LogP) is 4.09. The number of hydrogen-bond acceptors (Lipinski definition) is 6. The van der Waals surface area contributed by atoms with Crippen LogP contribution in [0.15, 0.2) is 0 Å². The Balaban J connectivity index is -0.000000347. The molecular formula is C18H39F3N3O3S3. The molecule has 30 heavy (non-hydrogen) atoms. The van der Waals surface area contributed by atoms with Gasteiger partial charge in [-0.25, -0.2) is 12.9 Å². The molecule has 0 unspecified atom stereocenters. The molecule has 12 heteroatoms. The van der Waals surface area contributed by atoms with E-state index in [1.807, 2.05) is 12.9 Å². The summed E-state index contributed by atoms with van der Waals surface area (Å²) in [6.45, 7) is 5.56. The van der Waals surface area contributed by atoms with Gasteiger partial charge in [-0.1, -0.05) is 0 Å². The Kier molecular flexibility index (Phi) is 25.2. The summed E-state index contributed by atoms with van der Waals surface area (Å²) in [5.41, 5.74) is 0. The van der Waals surface area contributed by atoms with Crippen LogP contribution in [0.5, 0.6) is 0 Å². The van der Waals surface area contributed by atoms with Crippen LogP contribution in [-0.4, -0.2) is 91.8 Å². The normalized spacial score (nSPS) is 26.4. The second kappa shape index (κ2) is 21.4. The lowest BCUT2D eigenvalue weighted by Gasteiger charge is -2.14. The molecule has 0 aromatic carbocycles. The van der Waals surface area contributed by atoms with Crippen LogP contribution in [0.25, 0.3) is 0 Å². The summed E-state index contributed by atoms with van der Waals surface area (Å²) in [4.78, 5) is 0. The van der Waals surface area contributed by atoms with E-state index < -0.39 is 0 Å². The SMILES string of the molecule is COC[C@@H]1CCCN1[S].COC[C@@H]1CCCN1[S].COC[C@@H]1CCCN1[S].F.F.F. The van der Waals surface area contributed by atoms with Gasteiger partial charge in [-0.3, -0.25) is 14.1 Å². The zero-order valence-electron chi connectivity index (χ0n) is 18.2. The smallest absolute Gasteiger partial charge is 0.0627 e. The van der Waals surface area contributed by atoms with Gasteiger partial charge in [-0.2, -0.15) is 0 Å². The summed E-state index contributed by atoms with van der Waals surface area (Å²) < 4.78 is 20.8. The summed E-state index contributed by atoms with van der Waals surface area (Å²) in [6.07, 6.45) is 7.32. The largest absolute Gasteiger partial charge is 0.383 e. The monoisotopic (exact) mass is 498 g/mol. The highest BCUT2D eigenvalue weighted by atomic mass is 32.1. The Hall–Kier alpha value is 0.600. The Morgan fingerprint density at radius 1 is 0.567 bits per heavy atom. The van der Waals surface area contributed by atoms with Crippen molar-refractivity contribution in [3.63, 3.8) is 0 Å². The highest BCUT2D eigenvalue weighted by Gasteiger charge is 2.22. The highest BCUT2D eigenvalue weighted by Crippen LogP contribution is 2.19. The van der Waals surface area contributed by atoms with E-state index >= 15 is 0 Å². The van der Waals surface area contributed by atoms with Gasteiger partial charge in [0.05, 0.1) is 19.8 Å². The third kappa shape index (κ3) is 13.9. The van der Waals surface area contributed by atoms with Crippen LogP contribution in [0.4, 0.5) is 14.1 Å². The van der Waals surface area contributed by atoms with Crippen LogP contribution in [0.1, 0.15) is 38.5 Å². The predicted molar refractivity (Wildman–Crippen MR) is 125 cm³/mol. The molecule has 3 aliphatic heterocycles. The van der Waals surface area contributed by atoms with Crippen molar-refractivity contribution in [2.45, 2.75) is 56.7 Å². The van der Waals surface area contributed by atoms with Crippen LogP contribution in [0, 0.1) is 0 Å². The minimum Gasteiger partial charge on any atom is -0.383 e. The average Bonchev–Trinajstić information content (AvgIpc) is 3.35. The van der Waals surface area contributed by atoms with Gasteiger partial charge in [0.25, 0.3) is 0 Å². The van der Waals surface area contributed by atoms with Crippen molar-refractivity contribution in [1.29, 1.82) is 0 Å². The third-order valence-electron chi connectivity index (χ3n) is 5.05. The third-order valence-corrected chi connectivity index (χ3v) is 6.49. The van der Waals surface area contributed by atoms with Gasteiger partial charge >= 0.3 is 0 Å². The molecule has 0 aromatic heterocycles. The molecule has 0 spiro atoms. The quantitative estimate of drug-likeness (QED) is 0.549. The molecule has 3 atom stereocenters. The van der Waals surface area contributed by atoms with E-state index in [-0.39, 0.29) is 14.1 Å². The minimum absolute atomic E-state index is 0. The van der Waals surface area contributed by atoms with Crippen molar-refractivity contribution in [2.24, 2.45) is 0 Å². The molecule has 6 nitrogen and oxygen atoms in total. The maximum Gasteiger partial charge on any atom is 0.0627 e. The summed E-state index contributed by atoms with van der Waals surface area (Å²) in [5.74, 6) is 0. The van der Waals surface area contributed by atoms with E-state index in [9.17, 15) is 0 Å². The minimum atomic E-state index is 0. The first kappa shape index (κ1) is 35.2. The van der Waals surface area contributed by atoms with Gasteiger partial charge in [-0.05, 0) is 38.5 Å². The number of hydrogen-bond donors (Lipinski definition) is 0. The fourth-order valence-corrected chi connectivity index (χ4v) is 4.39. The zero-order chi connectivity index (χ0) is 20.1. The first-order chi connectivity index (χ1) is 13.0. The number of nitrogens with zero attached hydrogens (tertiary/aromatic N) is 3. The zero-order valence-corrected chi connectivity index (χ0v) is 20.7. The molecule has 3 heterocycles. The summed E-state index contributed by atoms with van der Waals surface area (Å²) in [6, 6.07) is 1.51. The van der Waals surface area contributed by atoms with Gasteiger partial charge in [0.1, 0.15) is 0 Å². The van der Waals surface area contributed by atoms with Gasteiger partial charge in [0.15, 0.2) is 0 Å². The fourth-order valence-electron chi connectivity index (χ4n) is 3.50. The van der Waals surface area contributed by atoms with E-state index in [1.54, 1.807) is 21.3 Å². The maximum absolute atomic E-state index is 5.04. The second-order valence-electron chi connectivity index (χ2n) is 7.18. The van der Waals surface area contributed by atoms with Gasteiger partial charge in [-0.15, -0.1) is 0 Å². The van der Waals surface area contributed by atoms with Gasteiger partial charge in [0, 0.05) is 97.5 Å². The first-order valence-corrected chi connectivity index (χ1v) is 10.9. The van der Waals surface area contributed by atoms with Crippen molar-refractivity contribution in [3.8, 4) is 0 Å². The number of halogens is 3. The summed E-state index contributed by atoms with van der Waals surface area (Å²) >= 11 is 15.1. The highest BCUT2D eigenvalue weighted by molar-refractivity contribution is 7.78. The van der Waals surface area contributed by atoms with Crippen LogP contribution in [-0.2, 0) is 14.2 Å². The molecule has 3 radical (unpaired) electrons. The van der Waals surface area contributed by atoms with Crippen LogP contribution >= 0.6 is 38.4 Å². The Bertz CT molecular complexity index is 334. The molecule has 3 saturated heterocycles. The Morgan fingerprint density at radius 3 is 0.933 bits per heavy atom. The van der Waals surface area contributed by atoms with Crippen molar-refractivity contribution in [3.05, 3.63) is 0 Å². The van der Waals surface area contributed by atoms with E-state index in [0.29, 0.717) is 18.1 Å². The molecule has 3 fully saturated rings. The van der Waals surface area contributed by atoms with Crippen molar-refractivity contribution in [2.75, 3.05) is 60.8 Å². The number of methoxy groups -OCH3 is 3. The summed E-state index contributed by atoms with van der Waals surface area (Å²) in [7, 11) is 5.17. The lowest BCUT2D eigenvalue weighted by atomic mass is 10.2. The van der Waals surface area contributed by atoms with E-state index in [0.717, 1.165) is 39.5 Å². The van der Waals surface area contributed by atoms with E-state index in [4.69, 9.17) is 52.7 Å². The van der Waals surface area contributed by atoms with Crippen molar-refractivity contribution >= 4 is 38.4 Å². The lowest BCUT2D eigenvalue weighted by molar-refractivity contribution is 0.153. The average molecular weight is 499 g/mol. The molecule has 0 aliphatic carbocycles. The van der Waals surface area contributed by atoms with Crippen LogP contribution < -0.4 is 0 Å². The number of ether oxygens (including phenoxy) is 3. The molecule has 0 bridgehead atoms. The maximum atomic E-state index is 5.04. The standard InChI is InChI=1S/3C6H12NOS.3FH/c3*1-8-5-6-3-2-4-7(6)9;;;/h3*6H,2-5H2,1H3;3*1H/t3*6-;;;/m000.../s1. The van der Waals surface area contributed by atoms with Gasteiger partial charge in [0.2, 0.25) is 0 Å². The fraction of sp³-hybridized carbons (Fsp3) is 1.00. The molecule has 0 amide bonds. The molecule has 183 valence electrons. The molecule has 3 aliphatic rings. The van der Waals surface area contributed by atoms with Gasteiger partial charge < -0.3 is 14.2 Å². The van der Waals surface area contributed by atoms with Crippen molar-refractivity contribution in [1.82, 2.24) is 12.9 Å². The molecule has 0 N–H and O–H groups in total. The first-order valence-electron chi connectivity index (χ1n) is 9.81. The van der Waals surface area contributed by atoms with Crippen molar-refractivity contribution < 1.29 is 28.3 Å². The second-order valence-corrected chi connectivity index (χ2v) is 8.58. The molecule has 0 saturated carbocycles. The Labute approximate surface area is 197 Å². The molecular weight excluding hydrogens is 459 g/mol. The van der Waals surface area contributed by atoms with E-state index in [1.165, 1.54) is 38.5 Å². The number of rotatable bonds is 6. The molecule has 0 aromatic rings. The molecule has 3 rings (SSSR count). The Morgan fingerprint density at radius 2 is 0.800 bits per heavy atom. The van der Waals surface area contributed by atoms with E-state index in [2.05, 4.69) is 0 Å². The summed E-state index contributed by atoms with van der Waals surface area (Å²) in [5, 5.41) is 0. The lowest BCUT2D eigenvalue weighted by Crippen LogP contribution is -2.24.